The average molecular weight is 205 g/mol. The van der Waals surface area contributed by atoms with E-state index < -0.39 is 0 Å². The van der Waals surface area contributed by atoms with Gasteiger partial charge in [-0.05, 0) is 17.6 Å². The third-order valence-corrected chi connectivity index (χ3v) is 1.33. The predicted molar refractivity (Wildman–Crippen MR) is 44.9 cm³/mol. The van der Waals surface area contributed by atoms with Crippen molar-refractivity contribution in [2.45, 2.75) is 6.61 Å². The van der Waals surface area contributed by atoms with E-state index in [-0.39, 0.29) is 35.2 Å². The number of hydrogen-bond donors (Lipinski definition) is 0. The van der Waals surface area contributed by atoms with Crippen LogP contribution in [0.1, 0.15) is 11.0 Å². The molecule has 0 amide bonds. The summed E-state index contributed by atoms with van der Waals surface area (Å²) in [6, 6.07) is -0.359. The van der Waals surface area contributed by atoms with Crippen LogP contribution in [0.5, 0.6) is 0 Å². The highest BCUT2D eigenvalue weighted by molar-refractivity contribution is 9.10. The fourth-order valence-corrected chi connectivity index (χ4v) is 0.911. The van der Waals surface area contributed by atoms with Crippen LogP contribution in [0.3, 0.4) is 0 Å². The lowest BCUT2D eigenvalue weighted by atomic mass is 10.2. The second-order valence-electron chi connectivity index (χ2n) is 1.73. The molecular weight excluding hydrogens is 192 g/mol. The number of benzene rings is 1. The van der Waals surface area contributed by atoms with Gasteiger partial charge in [-0.2, -0.15) is 0 Å². The second kappa shape index (κ2) is 3.74. The van der Waals surface area contributed by atoms with Crippen LogP contribution >= 0.6 is 15.9 Å². The topological polar surface area (TPSA) is 9.23 Å². The third-order valence-electron chi connectivity index (χ3n) is 0.935. The minimum absolute atomic E-state index is 0.0536. The van der Waals surface area contributed by atoms with Gasteiger partial charge in [0.25, 0.3) is 0 Å². The second-order valence-corrected chi connectivity index (χ2v) is 2.52. The van der Waals surface area contributed by atoms with Crippen LogP contribution in [0.4, 0.5) is 0 Å². The Balaban J connectivity index is 3.43. The van der Waals surface area contributed by atoms with Gasteiger partial charge in [-0.1, -0.05) is 28.0 Å². The third kappa shape index (κ3) is 2.12. The zero-order chi connectivity index (χ0) is 10.9. The van der Waals surface area contributed by atoms with Crippen LogP contribution < -0.4 is 0 Å². The van der Waals surface area contributed by atoms with Gasteiger partial charge >= 0.3 is 0 Å². The molecule has 0 spiro atoms. The molecule has 0 N–H and O–H groups in total. The Bertz CT molecular complexity index is 338. The van der Waals surface area contributed by atoms with Crippen molar-refractivity contribution in [1.29, 1.82) is 0 Å². The van der Waals surface area contributed by atoms with Crippen molar-refractivity contribution in [3.05, 3.63) is 34.2 Å². The molecule has 10 heavy (non-hydrogen) atoms. The van der Waals surface area contributed by atoms with Gasteiger partial charge in [0.05, 0.1) is 12.1 Å². The van der Waals surface area contributed by atoms with Crippen LogP contribution in [0.15, 0.2) is 28.6 Å². The van der Waals surface area contributed by atoms with Crippen LogP contribution in [0, 0.1) is 0 Å². The van der Waals surface area contributed by atoms with Gasteiger partial charge in [0.2, 0.25) is 0 Å². The van der Waals surface area contributed by atoms with Crippen molar-refractivity contribution >= 4 is 15.9 Å². The van der Waals surface area contributed by atoms with E-state index in [0.29, 0.717) is 5.56 Å². The zero-order valence-corrected chi connectivity index (χ0v) is 7.08. The SMILES string of the molecule is [2H]c1c([2H])c(Br)c([2H])c(COC)c1[2H]. The highest BCUT2D eigenvalue weighted by Gasteiger charge is 1.90. The van der Waals surface area contributed by atoms with Crippen LogP contribution in [-0.2, 0) is 11.3 Å². The Morgan fingerprint density at radius 1 is 1.70 bits per heavy atom. The molecule has 1 aromatic carbocycles. The summed E-state index contributed by atoms with van der Waals surface area (Å²) in [5.41, 5.74) is 0.334. The van der Waals surface area contributed by atoms with E-state index >= 15 is 0 Å². The molecule has 1 aromatic rings. The van der Waals surface area contributed by atoms with Gasteiger partial charge in [0.1, 0.15) is 0 Å². The van der Waals surface area contributed by atoms with Gasteiger partial charge in [0, 0.05) is 11.6 Å². The maximum absolute atomic E-state index is 7.63. The largest absolute Gasteiger partial charge is 0.380 e. The lowest BCUT2D eigenvalue weighted by Gasteiger charge is -1.98. The van der Waals surface area contributed by atoms with Crippen molar-refractivity contribution in [3.8, 4) is 0 Å². The fourth-order valence-electron chi connectivity index (χ4n) is 0.573. The van der Waals surface area contributed by atoms with Gasteiger partial charge < -0.3 is 4.74 Å². The van der Waals surface area contributed by atoms with Crippen LogP contribution in [0.25, 0.3) is 0 Å². The molecule has 1 rings (SSSR count). The van der Waals surface area contributed by atoms with Gasteiger partial charge in [-0.25, -0.2) is 0 Å². The van der Waals surface area contributed by atoms with E-state index in [9.17, 15) is 0 Å². The lowest BCUT2D eigenvalue weighted by Crippen LogP contribution is -1.85. The van der Waals surface area contributed by atoms with Crippen molar-refractivity contribution < 1.29 is 10.2 Å². The summed E-state index contributed by atoms with van der Waals surface area (Å²) in [5.74, 6) is 0. The molecule has 0 aromatic heterocycles. The molecule has 0 radical (unpaired) electrons. The molecule has 0 fully saturated rings. The fraction of sp³-hybridized carbons (Fsp3) is 0.250. The van der Waals surface area contributed by atoms with Crippen molar-refractivity contribution in [1.82, 2.24) is 0 Å². The number of ether oxygens (including phenoxy) is 1. The normalized spacial score (nSPS) is 15.4. The summed E-state index contributed by atoms with van der Waals surface area (Å²) >= 11 is 3.05. The Kier molecular flexibility index (Phi) is 1.45. The molecule has 0 aliphatic rings. The molecule has 0 saturated heterocycles. The first-order chi connectivity index (χ1) is 6.50. The van der Waals surface area contributed by atoms with Gasteiger partial charge in [0.15, 0.2) is 0 Å². The van der Waals surface area contributed by atoms with Crippen molar-refractivity contribution in [3.63, 3.8) is 0 Å². The Hall–Kier alpha value is -0.340. The molecule has 0 saturated carbocycles. The van der Waals surface area contributed by atoms with Crippen molar-refractivity contribution in [2.75, 3.05) is 7.11 Å². The maximum atomic E-state index is 7.63. The first-order valence-corrected chi connectivity index (χ1v) is 3.53. The summed E-state index contributed by atoms with van der Waals surface area (Å²) in [6.07, 6.45) is 0. The van der Waals surface area contributed by atoms with E-state index in [0.717, 1.165) is 0 Å². The Labute approximate surface area is 74.8 Å². The molecule has 0 aliphatic heterocycles. The molecular formula is C8H9BrO. The maximum Gasteiger partial charge on any atom is 0.0713 e. The minimum atomic E-state index is -0.181. The monoisotopic (exact) mass is 204 g/mol. The number of methoxy groups -OCH3 is 1. The van der Waals surface area contributed by atoms with E-state index in [1.807, 2.05) is 0 Å². The van der Waals surface area contributed by atoms with Gasteiger partial charge in [-0.3, -0.25) is 0 Å². The van der Waals surface area contributed by atoms with Crippen LogP contribution in [0.2, 0.25) is 0 Å². The molecule has 54 valence electrons. The van der Waals surface area contributed by atoms with Crippen molar-refractivity contribution in [2.24, 2.45) is 0 Å². The number of rotatable bonds is 2. The molecule has 0 heterocycles. The first kappa shape index (κ1) is 3.88. The smallest absolute Gasteiger partial charge is 0.0713 e. The van der Waals surface area contributed by atoms with E-state index in [2.05, 4.69) is 15.9 Å². The Morgan fingerprint density at radius 2 is 2.50 bits per heavy atom. The van der Waals surface area contributed by atoms with Gasteiger partial charge in [-0.15, -0.1) is 0 Å². The Morgan fingerprint density at radius 3 is 3.20 bits per heavy atom. The molecule has 0 aliphatic carbocycles. The standard InChI is InChI=1S/C8H9BrO/c1-10-6-7-3-2-4-8(9)5-7/h2-5H,6H2,1H3/i2D,3D,4D,5D. The lowest BCUT2D eigenvalue weighted by molar-refractivity contribution is 0.185. The summed E-state index contributed by atoms with van der Waals surface area (Å²) in [6.45, 7) is 0.114. The molecule has 1 nitrogen and oxygen atoms in total. The summed E-state index contributed by atoms with van der Waals surface area (Å²) < 4.78 is 35.1. The molecule has 0 bridgehead atoms. The zero-order valence-electron chi connectivity index (χ0n) is 9.49. The molecule has 0 atom stereocenters. The van der Waals surface area contributed by atoms with E-state index in [1.54, 1.807) is 0 Å². The number of halogens is 1. The predicted octanol–water partition coefficient (Wildman–Crippen LogP) is 2.60. The summed E-state index contributed by atoms with van der Waals surface area (Å²) in [5, 5.41) is 0. The van der Waals surface area contributed by atoms with E-state index in [1.165, 1.54) is 7.11 Å². The summed E-state index contributed by atoms with van der Waals surface area (Å²) in [4.78, 5) is 0. The highest BCUT2D eigenvalue weighted by Crippen LogP contribution is 2.11. The quantitative estimate of drug-likeness (QED) is 0.720. The average Bonchev–Trinajstić information content (AvgIpc) is 2.19. The summed E-state index contributed by atoms with van der Waals surface area (Å²) in [7, 11) is 1.46. The number of hydrogen-bond acceptors (Lipinski definition) is 1. The molecule has 2 heteroatoms. The molecule has 0 unspecified atom stereocenters. The van der Waals surface area contributed by atoms with E-state index in [4.69, 9.17) is 10.2 Å². The first-order valence-electron chi connectivity index (χ1n) is 4.74. The van der Waals surface area contributed by atoms with Crippen LogP contribution in [-0.4, -0.2) is 7.11 Å². The highest BCUT2D eigenvalue weighted by atomic mass is 79.9. The minimum Gasteiger partial charge on any atom is -0.380 e.